The molecule has 1 saturated heterocycles. The van der Waals surface area contributed by atoms with E-state index in [1.165, 1.54) is 13.8 Å². The van der Waals surface area contributed by atoms with E-state index in [-0.39, 0.29) is 42.7 Å². The predicted octanol–water partition coefficient (Wildman–Crippen LogP) is 6.32. The summed E-state index contributed by atoms with van der Waals surface area (Å²) < 4.78 is 0. The maximum Gasteiger partial charge on any atom is 0.323 e. The molecule has 26 nitrogen and oxygen atoms in total. The average molecular weight is 1110 g/mol. The van der Waals surface area contributed by atoms with Crippen molar-refractivity contribution >= 4 is 65.7 Å². The van der Waals surface area contributed by atoms with Crippen LogP contribution in [0.4, 0.5) is 0 Å². The first-order valence-electron chi connectivity index (χ1n) is 24.5. The van der Waals surface area contributed by atoms with Gasteiger partial charge in [-0.05, 0) is 85.6 Å². The number of aliphatic carboxylic acids is 11. The first kappa shape index (κ1) is 92.6. The smallest absolute Gasteiger partial charge is 0.323 e. The molecule has 6 unspecified atom stereocenters. The van der Waals surface area contributed by atoms with Crippen LogP contribution in [-0.4, -0.2) is 158 Å². The van der Waals surface area contributed by atoms with Gasteiger partial charge in [0, 0.05) is 12.8 Å². The number of aliphatic hydroxyl groups excluding tert-OH is 1. The molecular weight excluding hydrogens is 1010 g/mol. The van der Waals surface area contributed by atoms with E-state index in [0.717, 1.165) is 25.8 Å². The molecule has 0 bridgehead atoms. The van der Waals surface area contributed by atoms with Gasteiger partial charge in [-0.2, -0.15) is 0 Å². The van der Waals surface area contributed by atoms with Crippen LogP contribution in [0.5, 0.6) is 0 Å². The summed E-state index contributed by atoms with van der Waals surface area (Å²) in [7, 11) is 0. The summed E-state index contributed by atoms with van der Waals surface area (Å²) in [6.07, 6.45) is 4.36. The van der Waals surface area contributed by atoms with Crippen LogP contribution >= 0.6 is 0 Å². The molecule has 1 aliphatic heterocycles. The lowest BCUT2D eigenvalue weighted by atomic mass is 9.89. The fraction of sp³-hybridized carbons (Fsp3) is 0.780. The maximum atomic E-state index is 10.3. The van der Waals surface area contributed by atoms with E-state index in [4.69, 9.17) is 72.7 Å². The molecule has 1 heterocycles. The first-order chi connectivity index (χ1) is 34.1. The molecule has 0 amide bonds. The van der Waals surface area contributed by atoms with Crippen molar-refractivity contribution < 1.29 is 114 Å². The molecule has 1 rings (SSSR count). The third-order valence-electron chi connectivity index (χ3n) is 9.35. The standard InChI is InChI=1S/C6H11NO2.C6H12O3.C5H11NO2.2C5H10O2.C4H9NO2.4C4H8O2.C3H6O2/c1-4-2-3-7-5(4)6(8)9;1-3-6(2,4-7)5(8)9;1-3-5(2,6)4(7)8;1-5(2,3)4(6)7;1-3-4(2)5(6)7;1-2-3(5)4(6)7;3*1-3(2)4(5)6;1-2-3-4(5)6;1-2-3(4)5/h4-5,7H,2-3H2,1H3,(H,8,9);7H,3-4H2,1-2H3,(H,8,9);3,6H2,1-2H3,(H,7,8);1-3H3,(H,6,7);4H,3H2,1-2H3,(H,6,7);3H,2,5H2,1H3,(H,6,7);3*3H,1-2H3,(H,5,6);2-3H2,1H3,(H,5,6);2H2,1H3,(H,4,5). The highest BCUT2D eigenvalue weighted by atomic mass is 16.4. The predicted molar refractivity (Wildman–Crippen MR) is 285 cm³/mol. The minimum Gasteiger partial charge on any atom is -0.481 e. The number of aliphatic hydroxyl groups is 1. The number of carboxylic acids is 11. The minimum absolute atomic E-state index is 0.181. The molecular formula is C50H101N3O23. The topological polar surface area (TPSA) is 495 Å². The third-order valence-corrected chi connectivity index (χ3v) is 9.35. The number of carboxylic acid groups (broad SMARTS) is 11. The minimum atomic E-state index is -1.04. The van der Waals surface area contributed by atoms with Gasteiger partial charge in [-0.3, -0.25) is 52.7 Å². The Kier molecular flexibility index (Phi) is 65.6. The van der Waals surface area contributed by atoms with E-state index in [9.17, 15) is 52.7 Å². The SMILES string of the molecule is CC(C)(C)C(=O)O.CC(C)C(=O)O.CC(C)C(=O)O.CC(C)C(=O)O.CC1CCNC1C(=O)O.CCC(=O)O.CCC(C)(CO)C(=O)O.CCC(C)(N)C(=O)O.CCC(C)C(=O)O.CCC(N)C(=O)O.CCCC(=O)O. The molecule has 0 spiro atoms. The van der Waals surface area contributed by atoms with Crippen molar-refractivity contribution in [2.24, 2.45) is 51.9 Å². The summed E-state index contributed by atoms with van der Waals surface area (Å²) >= 11 is 0. The second kappa shape index (κ2) is 53.8. The summed E-state index contributed by atoms with van der Waals surface area (Å²) in [5, 5.41) is 101. The Morgan fingerprint density at radius 2 is 0.868 bits per heavy atom. The van der Waals surface area contributed by atoms with Crippen molar-refractivity contribution in [1.82, 2.24) is 5.32 Å². The average Bonchev–Trinajstić information content (AvgIpc) is 3.75. The summed E-state index contributed by atoms with van der Waals surface area (Å²) in [4.78, 5) is 109. The zero-order valence-electron chi connectivity index (χ0n) is 48.6. The third kappa shape index (κ3) is 74.5. The quantitative estimate of drug-likeness (QED) is 0.0803. The monoisotopic (exact) mass is 1110 g/mol. The molecule has 0 aromatic carbocycles. The molecule has 76 heavy (non-hydrogen) atoms. The van der Waals surface area contributed by atoms with E-state index in [2.05, 4.69) is 5.32 Å². The number of nitrogens with two attached hydrogens (primary N) is 2. The largest absolute Gasteiger partial charge is 0.481 e. The van der Waals surface area contributed by atoms with Crippen molar-refractivity contribution in [2.75, 3.05) is 13.2 Å². The number of carbonyl (C=O) groups is 11. The molecule has 0 aromatic rings. The van der Waals surface area contributed by atoms with Gasteiger partial charge in [0.2, 0.25) is 0 Å². The highest BCUT2D eigenvalue weighted by molar-refractivity contribution is 5.78. The zero-order valence-corrected chi connectivity index (χ0v) is 48.6. The van der Waals surface area contributed by atoms with Crippen LogP contribution < -0.4 is 16.8 Å². The Bertz CT molecular complexity index is 1540. The molecule has 454 valence electrons. The van der Waals surface area contributed by atoms with Gasteiger partial charge in [-0.15, -0.1) is 0 Å². The van der Waals surface area contributed by atoms with Gasteiger partial charge in [0.15, 0.2) is 0 Å². The fourth-order valence-electron chi connectivity index (χ4n) is 2.21. The summed E-state index contributed by atoms with van der Waals surface area (Å²) in [5.41, 5.74) is 7.71. The molecule has 1 aliphatic rings. The molecule has 17 N–H and O–H groups in total. The van der Waals surface area contributed by atoms with E-state index < -0.39 is 88.1 Å². The molecule has 26 heteroatoms. The van der Waals surface area contributed by atoms with E-state index in [1.54, 1.807) is 96.9 Å². The summed E-state index contributed by atoms with van der Waals surface area (Å²) in [6, 6.07) is -0.981. The lowest BCUT2D eigenvalue weighted by Crippen LogP contribution is -2.43. The van der Waals surface area contributed by atoms with Gasteiger partial charge in [0.25, 0.3) is 0 Å². The Balaban J connectivity index is -0.0000000792. The van der Waals surface area contributed by atoms with Crippen molar-refractivity contribution in [3.8, 4) is 0 Å². The summed E-state index contributed by atoms with van der Waals surface area (Å²) in [6.45, 7) is 32.6. The highest BCUT2D eigenvalue weighted by Crippen LogP contribution is 2.19. The molecule has 1 fully saturated rings. The van der Waals surface area contributed by atoms with E-state index in [0.29, 0.717) is 31.6 Å². The molecule has 0 aromatic heterocycles. The molecule has 0 saturated carbocycles. The number of nitrogens with one attached hydrogen (secondary N) is 1. The Morgan fingerprint density at radius 1 is 0.539 bits per heavy atom. The van der Waals surface area contributed by atoms with Crippen molar-refractivity contribution in [3.05, 3.63) is 0 Å². The van der Waals surface area contributed by atoms with Gasteiger partial charge in [-0.25, -0.2) is 0 Å². The zero-order chi connectivity index (χ0) is 63.7. The van der Waals surface area contributed by atoms with Crippen LogP contribution in [0.25, 0.3) is 0 Å². The lowest BCUT2D eigenvalue weighted by molar-refractivity contribution is -0.150. The maximum absolute atomic E-state index is 10.3. The Labute approximate surface area is 449 Å². The molecule has 6 atom stereocenters. The number of rotatable bonds is 16. The van der Waals surface area contributed by atoms with Crippen LogP contribution in [0, 0.1) is 40.4 Å². The fourth-order valence-corrected chi connectivity index (χ4v) is 2.21. The molecule has 0 aliphatic carbocycles. The molecule has 0 radical (unpaired) electrons. The second-order valence-electron chi connectivity index (χ2n) is 18.9. The van der Waals surface area contributed by atoms with Gasteiger partial charge < -0.3 is 78.1 Å². The lowest BCUT2D eigenvalue weighted by Gasteiger charge is -2.18. The second-order valence-corrected chi connectivity index (χ2v) is 18.9. The van der Waals surface area contributed by atoms with Crippen molar-refractivity contribution in [1.29, 1.82) is 0 Å². The van der Waals surface area contributed by atoms with Crippen molar-refractivity contribution in [2.45, 2.75) is 201 Å². The highest BCUT2D eigenvalue weighted by Gasteiger charge is 2.30. The van der Waals surface area contributed by atoms with Crippen LogP contribution in [0.15, 0.2) is 0 Å². The normalized spacial score (nSPS) is 14.8. The first-order valence-corrected chi connectivity index (χ1v) is 24.5. The van der Waals surface area contributed by atoms with Gasteiger partial charge >= 0.3 is 65.7 Å². The Morgan fingerprint density at radius 3 is 0.895 bits per heavy atom. The van der Waals surface area contributed by atoms with Crippen LogP contribution in [-0.2, 0) is 52.7 Å². The van der Waals surface area contributed by atoms with Crippen LogP contribution in [0.1, 0.15) is 183 Å². The van der Waals surface area contributed by atoms with Crippen LogP contribution in [0.2, 0.25) is 0 Å². The van der Waals surface area contributed by atoms with Gasteiger partial charge in [0.05, 0.1) is 41.1 Å². The number of hydrogen-bond acceptors (Lipinski definition) is 15. The van der Waals surface area contributed by atoms with Crippen molar-refractivity contribution in [3.63, 3.8) is 0 Å². The van der Waals surface area contributed by atoms with Gasteiger partial charge in [0.1, 0.15) is 17.6 Å². The van der Waals surface area contributed by atoms with Gasteiger partial charge in [-0.1, -0.05) is 96.9 Å². The van der Waals surface area contributed by atoms with E-state index in [1.807, 2.05) is 20.8 Å². The summed E-state index contributed by atoms with van der Waals surface area (Å²) in [5.74, 6) is -9.25. The van der Waals surface area contributed by atoms with Crippen LogP contribution in [0.3, 0.4) is 0 Å². The number of hydrogen-bond donors (Lipinski definition) is 15. The Hall–Kier alpha value is -5.99. The van der Waals surface area contributed by atoms with E-state index >= 15 is 0 Å².